The van der Waals surface area contributed by atoms with Crippen molar-refractivity contribution in [2.24, 2.45) is 17.8 Å². The van der Waals surface area contributed by atoms with Crippen molar-refractivity contribution in [2.45, 2.75) is 47.0 Å². The summed E-state index contributed by atoms with van der Waals surface area (Å²) in [6.45, 7) is 10.6. The van der Waals surface area contributed by atoms with Crippen LogP contribution in [0.2, 0.25) is 0 Å². The number of pyridine rings is 1. The summed E-state index contributed by atoms with van der Waals surface area (Å²) in [4.78, 5) is 18.8. The summed E-state index contributed by atoms with van der Waals surface area (Å²) in [5.41, 5.74) is 0.725. The zero-order chi connectivity index (χ0) is 15.4. The molecule has 2 heterocycles. The average molecular weight is 288 g/mol. The van der Waals surface area contributed by atoms with E-state index in [0.717, 1.165) is 36.3 Å². The number of carbonyl (C=O) groups is 1. The van der Waals surface area contributed by atoms with Gasteiger partial charge in [0.15, 0.2) is 5.78 Å². The highest BCUT2D eigenvalue weighted by atomic mass is 16.1. The number of hydrogen-bond acceptors (Lipinski definition) is 3. The van der Waals surface area contributed by atoms with Crippen LogP contribution < -0.4 is 4.90 Å². The molecule has 2 rings (SSSR count). The molecule has 0 bridgehead atoms. The monoisotopic (exact) mass is 288 g/mol. The Balaban J connectivity index is 1.93. The predicted octanol–water partition coefficient (Wildman–Crippen LogP) is 4.18. The third kappa shape index (κ3) is 4.29. The Hall–Kier alpha value is -1.38. The largest absolute Gasteiger partial charge is 0.357 e. The average Bonchev–Trinajstić information content (AvgIpc) is 2.47. The van der Waals surface area contributed by atoms with E-state index < -0.39 is 0 Å². The van der Waals surface area contributed by atoms with Gasteiger partial charge in [-0.1, -0.05) is 27.7 Å². The van der Waals surface area contributed by atoms with Crippen molar-refractivity contribution in [3.05, 3.63) is 23.9 Å². The van der Waals surface area contributed by atoms with Gasteiger partial charge in [0.05, 0.1) is 0 Å². The summed E-state index contributed by atoms with van der Waals surface area (Å²) in [6, 6.07) is 3.92. The van der Waals surface area contributed by atoms with Crippen LogP contribution in [0.1, 0.15) is 57.3 Å². The van der Waals surface area contributed by atoms with Crippen LogP contribution in [0.15, 0.2) is 18.3 Å². The number of aromatic nitrogens is 1. The Morgan fingerprint density at radius 1 is 1.24 bits per heavy atom. The Morgan fingerprint density at radius 3 is 2.38 bits per heavy atom. The fourth-order valence-corrected chi connectivity index (χ4v) is 3.12. The van der Waals surface area contributed by atoms with Gasteiger partial charge in [0, 0.05) is 30.8 Å². The van der Waals surface area contributed by atoms with Crippen LogP contribution in [0.25, 0.3) is 0 Å². The predicted molar refractivity (Wildman–Crippen MR) is 87.8 cm³/mol. The molecule has 0 aromatic carbocycles. The first-order valence-electron chi connectivity index (χ1n) is 8.22. The number of ketones is 1. The molecule has 21 heavy (non-hydrogen) atoms. The summed E-state index contributed by atoms with van der Waals surface area (Å²) in [5.74, 6) is 2.87. The van der Waals surface area contributed by atoms with E-state index in [1.165, 1.54) is 19.3 Å². The van der Waals surface area contributed by atoms with Crippen molar-refractivity contribution in [3.8, 4) is 0 Å². The molecule has 0 radical (unpaired) electrons. The van der Waals surface area contributed by atoms with Crippen LogP contribution in [0.5, 0.6) is 0 Å². The molecule has 1 aromatic heterocycles. The van der Waals surface area contributed by atoms with E-state index in [0.29, 0.717) is 0 Å². The molecule has 0 aliphatic carbocycles. The second-order valence-electron chi connectivity index (χ2n) is 6.98. The van der Waals surface area contributed by atoms with Crippen molar-refractivity contribution < 1.29 is 4.79 Å². The third-order valence-electron chi connectivity index (χ3n) is 4.30. The second kappa shape index (κ2) is 7.06. The number of carbonyl (C=O) groups excluding carboxylic acids is 1. The van der Waals surface area contributed by atoms with Crippen molar-refractivity contribution in [2.75, 3.05) is 18.0 Å². The molecular formula is C18H28N2O. The standard InChI is InChI=1S/C18H28N2O/c1-13(2)11-15-7-9-20(10-8-15)17-6-5-16(12-19-17)18(21)14(3)4/h5-6,12-15H,7-11H2,1-4H3. The molecule has 0 saturated carbocycles. The molecule has 1 saturated heterocycles. The fourth-order valence-electron chi connectivity index (χ4n) is 3.12. The van der Waals surface area contributed by atoms with E-state index in [4.69, 9.17) is 0 Å². The van der Waals surface area contributed by atoms with Crippen molar-refractivity contribution >= 4 is 11.6 Å². The minimum atomic E-state index is 0.0319. The van der Waals surface area contributed by atoms with E-state index >= 15 is 0 Å². The summed E-state index contributed by atoms with van der Waals surface area (Å²) in [5, 5.41) is 0. The molecule has 3 heteroatoms. The SMILES string of the molecule is CC(C)CC1CCN(c2ccc(C(=O)C(C)C)cn2)CC1. The quantitative estimate of drug-likeness (QED) is 0.762. The van der Waals surface area contributed by atoms with E-state index in [1.54, 1.807) is 6.20 Å². The van der Waals surface area contributed by atoms with Gasteiger partial charge in [0.2, 0.25) is 0 Å². The molecule has 1 aliphatic rings. The third-order valence-corrected chi connectivity index (χ3v) is 4.30. The lowest BCUT2D eigenvalue weighted by Crippen LogP contribution is -2.34. The lowest BCUT2D eigenvalue weighted by atomic mass is 9.88. The zero-order valence-electron chi connectivity index (χ0n) is 13.8. The molecule has 0 unspecified atom stereocenters. The number of rotatable bonds is 5. The highest BCUT2D eigenvalue weighted by molar-refractivity contribution is 5.97. The normalized spacial score (nSPS) is 16.8. The smallest absolute Gasteiger partial charge is 0.166 e. The maximum atomic E-state index is 11.9. The van der Waals surface area contributed by atoms with Gasteiger partial charge in [-0.3, -0.25) is 4.79 Å². The maximum Gasteiger partial charge on any atom is 0.166 e. The highest BCUT2D eigenvalue weighted by Crippen LogP contribution is 2.26. The number of anilines is 1. The topological polar surface area (TPSA) is 33.2 Å². The Labute approximate surface area is 128 Å². The van der Waals surface area contributed by atoms with E-state index in [9.17, 15) is 4.79 Å². The molecule has 0 spiro atoms. The lowest BCUT2D eigenvalue weighted by Gasteiger charge is -2.33. The van der Waals surface area contributed by atoms with Gasteiger partial charge >= 0.3 is 0 Å². The van der Waals surface area contributed by atoms with E-state index in [2.05, 4.69) is 23.7 Å². The minimum absolute atomic E-state index is 0.0319. The fraction of sp³-hybridized carbons (Fsp3) is 0.667. The van der Waals surface area contributed by atoms with E-state index in [1.807, 2.05) is 26.0 Å². The number of nitrogens with zero attached hydrogens (tertiary/aromatic N) is 2. The summed E-state index contributed by atoms with van der Waals surface area (Å²) < 4.78 is 0. The molecule has 0 amide bonds. The van der Waals surface area contributed by atoms with Crippen molar-refractivity contribution in [1.29, 1.82) is 0 Å². The first-order chi connectivity index (χ1) is 9.97. The van der Waals surface area contributed by atoms with Gasteiger partial charge in [-0.25, -0.2) is 4.98 Å². The van der Waals surface area contributed by atoms with Crippen molar-refractivity contribution in [1.82, 2.24) is 4.98 Å². The summed E-state index contributed by atoms with van der Waals surface area (Å²) in [7, 11) is 0. The van der Waals surface area contributed by atoms with Crippen molar-refractivity contribution in [3.63, 3.8) is 0 Å². The van der Waals surface area contributed by atoms with Crippen LogP contribution >= 0.6 is 0 Å². The molecular weight excluding hydrogens is 260 g/mol. The van der Waals surface area contributed by atoms with Crippen LogP contribution in [0, 0.1) is 17.8 Å². The minimum Gasteiger partial charge on any atom is -0.357 e. The molecule has 0 N–H and O–H groups in total. The van der Waals surface area contributed by atoms with Gasteiger partial charge in [-0.2, -0.15) is 0 Å². The van der Waals surface area contributed by atoms with E-state index in [-0.39, 0.29) is 11.7 Å². The Morgan fingerprint density at radius 2 is 1.90 bits per heavy atom. The van der Waals surface area contributed by atoms with Crippen LogP contribution in [-0.4, -0.2) is 23.9 Å². The summed E-state index contributed by atoms with van der Waals surface area (Å²) in [6.07, 6.45) is 5.58. The van der Waals surface area contributed by atoms with Crippen LogP contribution in [-0.2, 0) is 0 Å². The van der Waals surface area contributed by atoms with Gasteiger partial charge in [-0.05, 0) is 43.2 Å². The summed E-state index contributed by atoms with van der Waals surface area (Å²) >= 11 is 0. The molecule has 116 valence electrons. The Bertz CT molecular complexity index is 457. The second-order valence-corrected chi connectivity index (χ2v) is 6.98. The van der Waals surface area contributed by atoms with Gasteiger partial charge in [0.25, 0.3) is 0 Å². The number of Topliss-reactive ketones (excluding diaryl/α,β-unsaturated/α-hetero) is 1. The number of hydrogen-bond donors (Lipinski definition) is 0. The van der Waals surface area contributed by atoms with Gasteiger partial charge < -0.3 is 4.90 Å². The highest BCUT2D eigenvalue weighted by Gasteiger charge is 2.21. The van der Waals surface area contributed by atoms with Crippen LogP contribution in [0.3, 0.4) is 0 Å². The molecule has 3 nitrogen and oxygen atoms in total. The Kier molecular flexibility index (Phi) is 5.38. The molecule has 1 fully saturated rings. The zero-order valence-corrected chi connectivity index (χ0v) is 13.8. The molecule has 1 aliphatic heterocycles. The van der Waals surface area contributed by atoms with Crippen LogP contribution in [0.4, 0.5) is 5.82 Å². The molecule has 1 aromatic rings. The molecule has 0 atom stereocenters. The van der Waals surface area contributed by atoms with Gasteiger partial charge in [0.1, 0.15) is 5.82 Å². The van der Waals surface area contributed by atoms with Gasteiger partial charge in [-0.15, -0.1) is 0 Å². The first kappa shape index (κ1) is 16.0. The maximum absolute atomic E-state index is 11.9. The lowest BCUT2D eigenvalue weighted by molar-refractivity contribution is 0.0939. The number of piperidine rings is 1. The first-order valence-corrected chi connectivity index (χ1v) is 8.22.